The normalized spacial score (nSPS) is 21.3. The van der Waals surface area contributed by atoms with Crippen LogP contribution in [0.3, 0.4) is 0 Å². The molecule has 0 aromatic heterocycles. The third-order valence-corrected chi connectivity index (χ3v) is 5.66. The van der Waals surface area contributed by atoms with Gasteiger partial charge in [-0.05, 0) is 43.5 Å². The zero-order valence-corrected chi connectivity index (χ0v) is 11.8. The molecule has 1 fully saturated rings. The van der Waals surface area contributed by atoms with Crippen LogP contribution in [0.1, 0.15) is 19.3 Å². The third-order valence-electron chi connectivity index (χ3n) is 3.48. The zero-order valence-electron chi connectivity index (χ0n) is 10.9. The van der Waals surface area contributed by atoms with Crippen LogP contribution in [0.2, 0.25) is 0 Å². The van der Waals surface area contributed by atoms with Crippen molar-refractivity contribution in [1.82, 2.24) is 4.90 Å². The molecule has 1 N–H and O–H groups in total. The van der Waals surface area contributed by atoms with Gasteiger partial charge in [0.15, 0.2) is 9.84 Å². The van der Waals surface area contributed by atoms with E-state index in [1.165, 1.54) is 7.11 Å². The van der Waals surface area contributed by atoms with E-state index in [4.69, 9.17) is 4.74 Å². The predicted octanol–water partition coefficient (Wildman–Crippen LogP) is 1.23. The molecule has 2 rings (SSSR count). The van der Waals surface area contributed by atoms with Gasteiger partial charge in [0.25, 0.3) is 0 Å². The molecule has 5 nitrogen and oxygen atoms in total. The summed E-state index contributed by atoms with van der Waals surface area (Å²) >= 11 is 0. The number of methoxy groups -OCH3 is 1. The lowest BCUT2D eigenvalue weighted by molar-refractivity contribution is 0.0734. The van der Waals surface area contributed by atoms with Crippen molar-refractivity contribution in [3.05, 3.63) is 24.3 Å². The maximum atomic E-state index is 12.6. The van der Waals surface area contributed by atoms with Gasteiger partial charge in [-0.25, -0.2) is 8.42 Å². The molecule has 0 amide bonds. The molecule has 1 saturated heterocycles. The highest BCUT2D eigenvalue weighted by molar-refractivity contribution is 7.92. The van der Waals surface area contributed by atoms with E-state index in [0.717, 1.165) is 12.8 Å². The first-order valence-corrected chi connectivity index (χ1v) is 7.87. The molecule has 0 saturated carbocycles. The van der Waals surface area contributed by atoms with Crippen molar-refractivity contribution in [1.29, 1.82) is 0 Å². The average molecular weight is 285 g/mol. The molecule has 0 aliphatic carbocycles. The fraction of sp³-hybridized carbons (Fsp3) is 0.538. The van der Waals surface area contributed by atoms with Gasteiger partial charge < -0.3 is 9.84 Å². The second-order valence-electron chi connectivity index (χ2n) is 4.62. The lowest BCUT2D eigenvalue weighted by Crippen LogP contribution is -2.44. The summed E-state index contributed by atoms with van der Waals surface area (Å²) in [5.74, 6) is 0.626. The first-order chi connectivity index (χ1) is 9.09. The van der Waals surface area contributed by atoms with Gasteiger partial charge in [0, 0.05) is 6.54 Å². The van der Waals surface area contributed by atoms with Crippen molar-refractivity contribution < 1.29 is 18.3 Å². The lowest BCUT2D eigenvalue weighted by Gasteiger charge is -2.33. The highest BCUT2D eigenvalue weighted by Gasteiger charge is 2.34. The smallest absolute Gasteiger partial charge is 0.194 e. The summed E-state index contributed by atoms with van der Waals surface area (Å²) in [6.07, 6.45) is 2.36. The number of hydrogen-bond donors (Lipinski definition) is 1. The number of piperidine rings is 1. The van der Waals surface area contributed by atoms with Crippen molar-refractivity contribution in [2.24, 2.45) is 0 Å². The molecular formula is C13H19NO4S. The summed E-state index contributed by atoms with van der Waals surface area (Å²) in [6.45, 7) is 0.399. The molecule has 1 aliphatic rings. The molecule has 6 heteroatoms. The molecule has 0 spiro atoms. The molecule has 0 unspecified atom stereocenters. The maximum Gasteiger partial charge on any atom is 0.194 e. The van der Waals surface area contributed by atoms with Crippen LogP contribution in [0.15, 0.2) is 29.2 Å². The van der Waals surface area contributed by atoms with E-state index in [1.807, 2.05) is 0 Å². The summed E-state index contributed by atoms with van der Waals surface area (Å²) < 4.78 is 30.1. The van der Waals surface area contributed by atoms with Gasteiger partial charge in [-0.15, -0.1) is 0 Å². The van der Waals surface area contributed by atoms with E-state index < -0.39 is 15.2 Å². The predicted molar refractivity (Wildman–Crippen MR) is 71.6 cm³/mol. The van der Waals surface area contributed by atoms with Crippen molar-refractivity contribution in [2.45, 2.75) is 29.5 Å². The molecule has 0 radical (unpaired) electrons. The molecule has 1 heterocycles. The van der Waals surface area contributed by atoms with Crippen LogP contribution in [-0.4, -0.2) is 44.2 Å². The Bertz CT molecular complexity index is 512. The molecule has 106 valence electrons. The number of ether oxygens (including phenoxy) is 1. The van der Waals surface area contributed by atoms with Crippen molar-refractivity contribution >= 4 is 9.84 Å². The van der Waals surface area contributed by atoms with Crippen LogP contribution < -0.4 is 4.74 Å². The molecule has 1 aliphatic heterocycles. The van der Waals surface area contributed by atoms with E-state index in [-0.39, 0.29) is 11.6 Å². The van der Waals surface area contributed by atoms with E-state index in [1.54, 1.807) is 29.2 Å². The average Bonchev–Trinajstić information content (AvgIpc) is 2.47. The van der Waals surface area contributed by atoms with E-state index in [9.17, 15) is 13.5 Å². The van der Waals surface area contributed by atoms with Crippen LogP contribution in [-0.2, 0) is 9.84 Å². The Balaban J connectivity index is 2.29. The molecular weight excluding hydrogens is 266 g/mol. The molecule has 0 bridgehead atoms. The van der Waals surface area contributed by atoms with E-state index in [0.29, 0.717) is 18.7 Å². The summed E-state index contributed by atoms with van der Waals surface area (Å²) in [6, 6.07) is 6.38. The summed E-state index contributed by atoms with van der Waals surface area (Å²) in [5, 5.41) is 8.67. The number of likely N-dealkylation sites (tertiary alicyclic amines) is 1. The van der Waals surface area contributed by atoms with E-state index in [2.05, 4.69) is 0 Å². The van der Waals surface area contributed by atoms with Crippen LogP contribution in [0.4, 0.5) is 0 Å². The van der Waals surface area contributed by atoms with Crippen LogP contribution in [0, 0.1) is 0 Å². The highest BCUT2D eigenvalue weighted by Crippen LogP contribution is 2.27. The number of nitrogens with zero attached hydrogens (tertiary/aromatic N) is 1. The Kier molecular flexibility index (Phi) is 4.44. The summed E-state index contributed by atoms with van der Waals surface area (Å²) in [5.41, 5.74) is 0. The van der Waals surface area contributed by atoms with Crippen LogP contribution in [0.5, 0.6) is 5.75 Å². The topological polar surface area (TPSA) is 66.8 Å². The van der Waals surface area contributed by atoms with Gasteiger partial charge in [0.1, 0.15) is 11.1 Å². The van der Waals surface area contributed by atoms with Crippen molar-refractivity contribution in [3.63, 3.8) is 0 Å². The number of benzene rings is 1. The summed E-state index contributed by atoms with van der Waals surface area (Å²) in [4.78, 5) is 1.89. The molecule has 1 atom stereocenters. The van der Waals surface area contributed by atoms with Gasteiger partial charge in [-0.1, -0.05) is 0 Å². The van der Waals surface area contributed by atoms with Gasteiger partial charge in [-0.2, -0.15) is 0 Å². The second kappa shape index (κ2) is 5.90. The minimum absolute atomic E-state index is 0.222. The Morgan fingerprint density at radius 2 is 2.00 bits per heavy atom. The Labute approximate surface area is 113 Å². The minimum Gasteiger partial charge on any atom is -0.497 e. The number of hydrogen-bond acceptors (Lipinski definition) is 5. The SMILES string of the molecule is COc1ccc(S(=O)(=O)[C@H]2CCCCN2CO)cc1. The van der Waals surface area contributed by atoms with Gasteiger partial charge in [0.2, 0.25) is 0 Å². The second-order valence-corrected chi connectivity index (χ2v) is 6.73. The Morgan fingerprint density at radius 3 is 2.58 bits per heavy atom. The third kappa shape index (κ3) is 2.91. The highest BCUT2D eigenvalue weighted by atomic mass is 32.2. The first kappa shape index (κ1) is 14.3. The Hall–Kier alpha value is -1.11. The standard InChI is InChI=1S/C13H19NO4S/c1-18-11-5-7-12(8-6-11)19(16,17)13-4-2-3-9-14(13)10-15/h5-8,13,15H,2-4,9-10H2,1H3/t13-/m0/s1. The van der Waals surface area contributed by atoms with Gasteiger partial charge in [-0.3, -0.25) is 4.90 Å². The quantitative estimate of drug-likeness (QED) is 0.901. The number of aliphatic hydroxyl groups excluding tert-OH is 1. The number of aliphatic hydroxyl groups is 1. The molecule has 1 aromatic rings. The zero-order chi connectivity index (χ0) is 13.9. The largest absolute Gasteiger partial charge is 0.497 e. The monoisotopic (exact) mass is 285 g/mol. The van der Waals surface area contributed by atoms with E-state index >= 15 is 0 Å². The molecule has 19 heavy (non-hydrogen) atoms. The summed E-state index contributed by atoms with van der Waals surface area (Å²) in [7, 11) is -1.90. The lowest BCUT2D eigenvalue weighted by atomic mass is 10.1. The fourth-order valence-electron chi connectivity index (χ4n) is 2.40. The maximum absolute atomic E-state index is 12.6. The Morgan fingerprint density at radius 1 is 1.32 bits per heavy atom. The first-order valence-electron chi connectivity index (χ1n) is 6.32. The van der Waals surface area contributed by atoms with Gasteiger partial charge >= 0.3 is 0 Å². The number of rotatable bonds is 4. The molecule has 1 aromatic carbocycles. The number of sulfone groups is 1. The fourth-order valence-corrected chi connectivity index (χ4v) is 4.27. The minimum atomic E-state index is -3.44. The van der Waals surface area contributed by atoms with Crippen LogP contribution in [0.25, 0.3) is 0 Å². The van der Waals surface area contributed by atoms with Crippen molar-refractivity contribution in [3.8, 4) is 5.75 Å². The van der Waals surface area contributed by atoms with Crippen molar-refractivity contribution in [2.75, 3.05) is 20.4 Å². The van der Waals surface area contributed by atoms with Gasteiger partial charge in [0.05, 0.1) is 18.7 Å². The van der Waals surface area contributed by atoms with Crippen LogP contribution >= 0.6 is 0 Å².